The third kappa shape index (κ3) is 15.7. The molecule has 248 valence electrons. The number of nitrogens with zero attached hydrogens (tertiary/aromatic N) is 2. The zero-order valence-corrected chi connectivity index (χ0v) is 25.9. The lowest BCUT2D eigenvalue weighted by atomic mass is 9.96. The molecule has 13 heteroatoms. The van der Waals surface area contributed by atoms with Crippen molar-refractivity contribution in [2.75, 3.05) is 13.1 Å². The summed E-state index contributed by atoms with van der Waals surface area (Å²) in [6.45, 7) is 9.45. The number of allylic oxidation sites excluding steroid dienone is 7. The zero-order chi connectivity index (χ0) is 34.6. The standard InChI is InChI=1S/C29H34F3N5O2.C2H6.CHF3/c1-5-8-14-24(28(38)39)26(33)35-18-22(16-23(7-3)29(30,31)32)27-36-19(4)15-25(37-27)34-17-20(6-2)21-12-10-9-11-13-21;1-2;2-1(3)4/h5,7-16,20,34H,4,6,17-18H2,1-3H3,(H2,33,35)(H,36,37)(H,38,39);1-2H3;1H/b8-5-,22-16-,23-7+,24-14+;;. The van der Waals surface area contributed by atoms with Crippen LogP contribution in [0.1, 0.15) is 52.5 Å². The van der Waals surface area contributed by atoms with Crippen LogP contribution in [0, 0.1) is 0 Å². The van der Waals surface area contributed by atoms with Crippen molar-refractivity contribution in [3.05, 3.63) is 107 Å². The van der Waals surface area contributed by atoms with Gasteiger partial charge in [0.1, 0.15) is 23.1 Å². The summed E-state index contributed by atoms with van der Waals surface area (Å²) in [4.78, 5) is 20.2. The summed E-state index contributed by atoms with van der Waals surface area (Å²) in [6, 6.07) is 9.95. The molecule has 0 spiro atoms. The molecule has 0 aliphatic carbocycles. The number of nitrogens with one attached hydrogen (secondary N) is 2. The molecule has 5 N–H and O–H groups in total. The average Bonchev–Trinajstić information content (AvgIpc) is 2.98. The zero-order valence-electron chi connectivity index (χ0n) is 25.9. The Kier molecular flexibility index (Phi) is 19.1. The van der Waals surface area contributed by atoms with Gasteiger partial charge in [-0.25, -0.2) is 9.79 Å². The van der Waals surface area contributed by atoms with Gasteiger partial charge in [-0.1, -0.05) is 75.9 Å². The molecule has 0 radical (unpaired) electrons. The van der Waals surface area contributed by atoms with Crippen molar-refractivity contribution < 1.29 is 36.2 Å². The number of carboxylic acids is 1. The highest BCUT2D eigenvalue weighted by molar-refractivity contribution is 6.18. The summed E-state index contributed by atoms with van der Waals surface area (Å²) in [6.07, 6.45) is 4.08. The van der Waals surface area contributed by atoms with Gasteiger partial charge in [0.05, 0.1) is 12.1 Å². The Morgan fingerprint density at radius 1 is 1.18 bits per heavy atom. The second-order valence-electron chi connectivity index (χ2n) is 8.81. The Morgan fingerprint density at radius 2 is 1.78 bits per heavy atom. The van der Waals surface area contributed by atoms with Crippen LogP contribution in [0.15, 0.2) is 112 Å². The maximum absolute atomic E-state index is 13.6. The van der Waals surface area contributed by atoms with Crippen molar-refractivity contribution in [3.63, 3.8) is 0 Å². The highest BCUT2D eigenvalue weighted by atomic mass is 19.4. The number of aliphatic imine (C=N–C) groups is 2. The Bertz CT molecular complexity index is 1310. The van der Waals surface area contributed by atoms with E-state index in [1.54, 1.807) is 19.1 Å². The van der Waals surface area contributed by atoms with Gasteiger partial charge < -0.3 is 21.5 Å². The van der Waals surface area contributed by atoms with Crippen molar-refractivity contribution in [1.82, 2.24) is 10.6 Å². The van der Waals surface area contributed by atoms with Crippen LogP contribution in [0.5, 0.6) is 0 Å². The molecule has 2 rings (SSSR count). The summed E-state index contributed by atoms with van der Waals surface area (Å²) in [5.74, 6) is -0.958. The lowest BCUT2D eigenvalue weighted by Crippen LogP contribution is -2.32. The maximum atomic E-state index is 13.6. The fourth-order valence-electron chi connectivity index (χ4n) is 3.65. The van der Waals surface area contributed by atoms with E-state index in [1.165, 1.54) is 19.1 Å². The number of nitrogens with two attached hydrogens (primary N) is 1. The van der Waals surface area contributed by atoms with Crippen LogP contribution in [0.4, 0.5) is 26.3 Å². The van der Waals surface area contributed by atoms with Gasteiger partial charge in [0.2, 0.25) is 0 Å². The van der Waals surface area contributed by atoms with Gasteiger partial charge in [-0.05, 0) is 38.0 Å². The first kappa shape index (κ1) is 40.5. The molecule has 1 heterocycles. The highest BCUT2D eigenvalue weighted by Gasteiger charge is 2.32. The van der Waals surface area contributed by atoms with Crippen LogP contribution in [0.2, 0.25) is 0 Å². The van der Waals surface area contributed by atoms with E-state index in [2.05, 4.69) is 34.1 Å². The monoisotopic (exact) mass is 641 g/mol. The van der Waals surface area contributed by atoms with Gasteiger partial charge >= 0.3 is 18.8 Å². The van der Waals surface area contributed by atoms with Crippen LogP contribution in [-0.2, 0) is 4.79 Å². The predicted octanol–water partition coefficient (Wildman–Crippen LogP) is 7.71. The quantitative estimate of drug-likeness (QED) is 0.0614. The topological polar surface area (TPSA) is 112 Å². The minimum atomic E-state index is -4.62. The number of alkyl halides is 6. The molecule has 0 fully saturated rings. The summed E-state index contributed by atoms with van der Waals surface area (Å²) in [5, 5.41) is 15.6. The smallest absolute Gasteiger partial charge is 0.416 e. The molecular weight excluding hydrogens is 600 g/mol. The summed E-state index contributed by atoms with van der Waals surface area (Å²) < 4.78 is 69.8. The predicted molar refractivity (Wildman–Crippen MR) is 169 cm³/mol. The van der Waals surface area contributed by atoms with E-state index in [4.69, 9.17) is 5.73 Å². The third-order valence-corrected chi connectivity index (χ3v) is 5.77. The number of carboxylic acid groups (broad SMARTS) is 1. The highest BCUT2D eigenvalue weighted by Crippen LogP contribution is 2.28. The number of benzene rings is 1. The van der Waals surface area contributed by atoms with E-state index in [9.17, 15) is 36.2 Å². The number of rotatable bonds is 12. The molecule has 1 aromatic carbocycles. The molecule has 1 aromatic rings. The van der Waals surface area contributed by atoms with E-state index < -0.39 is 24.4 Å². The molecule has 1 aliphatic heterocycles. The normalized spacial score (nSPS) is 15.2. The Labute approximate surface area is 260 Å². The van der Waals surface area contributed by atoms with Crippen LogP contribution in [-0.4, -0.2) is 48.7 Å². The van der Waals surface area contributed by atoms with E-state index in [0.29, 0.717) is 18.1 Å². The third-order valence-electron chi connectivity index (χ3n) is 5.77. The SMILES string of the molecule is C=C1C=C(NCC(CC)c2ccccc2)N=C(/C(=C\C(=C/C)C(F)(F)F)CN=C(N)/C(=C\C=C/C)C(=O)O)N1.CC.FC(F)F. The van der Waals surface area contributed by atoms with Crippen LogP contribution < -0.4 is 16.4 Å². The molecule has 0 saturated heterocycles. The molecule has 0 aromatic heterocycles. The van der Waals surface area contributed by atoms with Crippen LogP contribution >= 0.6 is 0 Å². The molecule has 45 heavy (non-hydrogen) atoms. The fraction of sp³-hybridized carbons (Fsp3) is 0.344. The number of hydrogen-bond donors (Lipinski definition) is 4. The Balaban J connectivity index is 0.00000298. The average molecular weight is 642 g/mol. The first-order valence-electron chi connectivity index (χ1n) is 14.0. The molecule has 0 amide bonds. The number of halogens is 6. The van der Waals surface area contributed by atoms with Gasteiger partial charge in [-0.15, -0.1) is 0 Å². The number of aliphatic carboxylic acids is 1. The number of hydrogen-bond acceptors (Lipinski definition) is 5. The van der Waals surface area contributed by atoms with E-state index in [1.807, 2.05) is 44.2 Å². The lowest BCUT2D eigenvalue weighted by molar-refractivity contribution is -0.132. The van der Waals surface area contributed by atoms with E-state index in [-0.39, 0.29) is 35.3 Å². The second-order valence-corrected chi connectivity index (χ2v) is 8.81. The van der Waals surface area contributed by atoms with Gasteiger partial charge in [0.15, 0.2) is 0 Å². The largest absolute Gasteiger partial charge is 0.478 e. The van der Waals surface area contributed by atoms with Crippen molar-refractivity contribution in [2.24, 2.45) is 15.7 Å². The summed E-state index contributed by atoms with van der Waals surface area (Å²) in [7, 11) is 0. The molecule has 1 aliphatic rings. The molecule has 1 unspecified atom stereocenters. The van der Waals surface area contributed by atoms with Crippen LogP contribution in [0.25, 0.3) is 0 Å². The van der Waals surface area contributed by atoms with Gasteiger partial charge in [-0.3, -0.25) is 4.99 Å². The maximum Gasteiger partial charge on any atom is 0.416 e. The Hall–Kier alpha value is -4.55. The second kappa shape index (κ2) is 21.2. The number of amidine groups is 2. The fourth-order valence-corrected chi connectivity index (χ4v) is 3.65. The summed E-state index contributed by atoms with van der Waals surface area (Å²) in [5.41, 5.74) is 6.30. The van der Waals surface area contributed by atoms with Crippen LogP contribution in [0.3, 0.4) is 0 Å². The molecule has 1 atom stereocenters. The first-order valence-corrected chi connectivity index (χ1v) is 14.0. The molecule has 0 bridgehead atoms. The van der Waals surface area contributed by atoms with Crippen molar-refractivity contribution in [1.29, 1.82) is 0 Å². The first-order chi connectivity index (χ1) is 21.2. The lowest BCUT2D eigenvalue weighted by Gasteiger charge is -2.22. The van der Waals surface area contributed by atoms with Gasteiger partial charge in [0.25, 0.3) is 0 Å². The number of carbonyl (C=O) groups is 1. The Morgan fingerprint density at radius 3 is 2.27 bits per heavy atom. The van der Waals surface area contributed by atoms with Gasteiger partial charge in [-0.2, -0.15) is 26.3 Å². The molecule has 7 nitrogen and oxygen atoms in total. The van der Waals surface area contributed by atoms with Crippen molar-refractivity contribution >= 4 is 17.6 Å². The van der Waals surface area contributed by atoms with E-state index in [0.717, 1.165) is 24.1 Å². The van der Waals surface area contributed by atoms with Crippen molar-refractivity contribution in [2.45, 2.75) is 59.8 Å². The van der Waals surface area contributed by atoms with E-state index >= 15 is 0 Å². The summed E-state index contributed by atoms with van der Waals surface area (Å²) >= 11 is 0. The minimum Gasteiger partial charge on any atom is -0.478 e. The van der Waals surface area contributed by atoms with Crippen molar-refractivity contribution in [3.8, 4) is 0 Å². The minimum absolute atomic E-state index is 0.0443. The molecule has 0 saturated carbocycles. The molecular formula is C32H41F6N5O2. The van der Waals surface area contributed by atoms with Gasteiger partial charge in [0, 0.05) is 29.8 Å².